The molecule has 2 aromatic carbocycles. The first kappa shape index (κ1) is 16.5. The average Bonchev–Trinajstić information content (AvgIpc) is 2.85. The van der Waals surface area contributed by atoms with Crippen molar-refractivity contribution in [2.24, 2.45) is 0 Å². The van der Waals surface area contributed by atoms with Gasteiger partial charge in [-0.25, -0.2) is 8.42 Å². The Morgan fingerprint density at radius 3 is 2.71 bits per heavy atom. The van der Waals surface area contributed by atoms with Crippen LogP contribution in [0.2, 0.25) is 5.02 Å². The fourth-order valence-corrected chi connectivity index (χ4v) is 4.07. The normalized spacial score (nSPS) is 13.3. The van der Waals surface area contributed by atoms with Crippen LogP contribution in [0.25, 0.3) is 0 Å². The van der Waals surface area contributed by atoms with Crippen molar-refractivity contribution in [2.75, 3.05) is 10.0 Å². The third-order valence-electron chi connectivity index (χ3n) is 3.59. The summed E-state index contributed by atoms with van der Waals surface area (Å²) in [6, 6.07) is 8.97. The lowest BCUT2D eigenvalue weighted by atomic mass is 10.1. The lowest BCUT2D eigenvalue weighted by molar-refractivity contribution is -0.115. The van der Waals surface area contributed by atoms with Crippen LogP contribution in [0.4, 0.5) is 11.4 Å². The number of carbonyl (C=O) groups is 2. The zero-order chi connectivity index (χ0) is 17.5. The Labute approximate surface area is 143 Å². The Morgan fingerprint density at radius 2 is 2.00 bits per heavy atom. The van der Waals surface area contributed by atoms with E-state index in [4.69, 9.17) is 11.6 Å². The number of nitrogens with one attached hydrogen (secondary N) is 2. The summed E-state index contributed by atoms with van der Waals surface area (Å²) in [6.45, 7) is 1.40. The Morgan fingerprint density at radius 1 is 1.25 bits per heavy atom. The highest BCUT2D eigenvalue weighted by molar-refractivity contribution is 7.92. The fraction of sp³-hybridized carbons (Fsp3) is 0.125. The van der Waals surface area contributed by atoms with E-state index in [1.54, 1.807) is 12.1 Å². The molecule has 2 aromatic rings. The van der Waals surface area contributed by atoms with Crippen molar-refractivity contribution in [1.82, 2.24) is 0 Å². The second-order valence-electron chi connectivity index (χ2n) is 5.41. The van der Waals surface area contributed by atoms with E-state index in [-0.39, 0.29) is 33.7 Å². The summed E-state index contributed by atoms with van der Waals surface area (Å²) in [5, 5.41) is 2.62. The van der Waals surface area contributed by atoms with Crippen LogP contribution >= 0.6 is 11.6 Å². The monoisotopic (exact) mass is 364 g/mol. The molecule has 0 saturated heterocycles. The van der Waals surface area contributed by atoms with Crippen molar-refractivity contribution in [3.05, 3.63) is 52.5 Å². The van der Waals surface area contributed by atoms with Gasteiger partial charge < -0.3 is 5.32 Å². The van der Waals surface area contributed by atoms with Crippen molar-refractivity contribution in [1.29, 1.82) is 0 Å². The number of sulfonamides is 1. The molecule has 1 aliphatic rings. The smallest absolute Gasteiger partial charge is 0.263 e. The third-order valence-corrected chi connectivity index (χ3v) is 5.44. The van der Waals surface area contributed by atoms with Crippen molar-refractivity contribution in [2.45, 2.75) is 18.2 Å². The van der Waals surface area contributed by atoms with E-state index < -0.39 is 10.0 Å². The van der Waals surface area contributed by atoms with Gasteiger partial charge in [-0.3, -0.25) is 14.3 Å². The van der Waals surface area contributed by atoms with Gasteiger partial charge in [-0.1, -0.05) is 23.7 Å². The van der Waals surface area contributed by atoms with Crippen LogP contribution in [0.5, 0.6) is 0 Å². The van der Waals surface area contributed by atoms with Gasteiger partial charge in [0.1, 0.15) is 4.90 Å². The van der Waals surface area contributed by atoms with Gasteiger partial charge in [0.05, 0.1) is 11.4 Å². The first-order valence-corrected chi connectivity index (χ1v) is 8.88. The van der Waals surface area contributed by atoms with Crippen molar-refractivity contribution >= 4 is 44.7 Å². The van der Waals surface area contributed by atoms with Crippen LogP contribution in [0.15, 0.2) is 41.3 Å². The van der Waals surface area contributed by atoms with Gasteiger partial charge in [0.2, 0.25) is 5.91 Å². The summed E-state index contributed by atoms with van der Waals surface area (Å²) in [5.74, 6) is -0.381. The molecule has 0 aliphatic carbocycles. The molecule has 6 nitrogen and oxygen atoms in total. The number of halogens is 1. The van der Waals surface area contributed by atoms with Crippen molar-refractivity contribution < 1.29 is 18.0 Å². The van der Waals surface area contributed by atoms with Crippen LogP contribution in [0.1, 0.15) is 22.8 Å². The number of rotatable bonds is 4. The lowest BCUT2D eigenvalue weighted by Gasteiger charge is -2.11. The van der Waals surface area contributed by atoms with Crippen LogP contribution < -0.4 is 10.0 Å². The number of anilines is 2. The van der Waals surface area contributed by atoms with Crippen molar-refractivity contribution in [3.8, 4) is 0 Å². The zero-order valence-corrected chi connectivity index (χ0v) is 14.2. The standard InChI is InChI=1S/C16H13ClN2O4S/c1-9(20)10-3-2-4-12(5-10)19-24(22,23)15-6-11-7-16(21)18-14(11)8-13(15)17/h2-6,8,19H,7H2,1H3,(H,18,21). The molecule has 0 unspecified atom stereocenters. The van der Waals surface area contributed by atoms with Crippen LogP contribution in [-0.4, -0.2) is 20.1 Å². The van der Waals surface area contributed by atoms with E-state index in [0.29, 0.717) is 16.8 Å². The van der Waals surface area contributed by atoms with E-state index in [2.05, 4.69) is 10.0 Å². The van der Waals surface area contributed by atoms with Gasteiger partial charge in [0.25, 0.3) is 10.0 Å². The zero-order valence-electron chi connectivity index (χ0n) is 12.6. The van der Waals surface area contributed by atoms with Gasteiger partial charge in [-0.2, -0.15) is 0 Å². The molecule has 1 aliphatic heterocycles. The molecule has 1 amide bonds. The molecule has 0 spiro atoms. The predicted molar refractivity (Wildman–Crippen MR) is 91.0 cm³/mol. The second-order valence-corrected chi connectivity index (χ2v) is 7.47. The summed E-state index contributed by atoms with van der Waals surface area (Å²) in [6.07, 6.45) is 0.106. The maximum Gasteiger partial charge on any atom is 0.263 e. The molecule has 0 radical (unpaired) electrons. The molecule has 0 bridgehead atoms. The minimum atomic E-state index is -3.96. The van der Waals surface area contributed by atoms with Crippen LogP contribution in [0.3, 0.4) is 0 Å². The molecule has 0 atom stereocenters. The van der Waals surface area contributed by atoms with Gasteiger partial charge >= 0.3 is 0 Å². The number of amides is 1. The Bertz CT molecular complexity index is 970. The first-order valence-electron chi connectivity index (χ1n) is 7.02. The van der Waals surface area contributed by atoms with Gasteiger partial charge in [-0.05, 0) is 36.8 Å². The number of hydrogen-bond acceptors (Lipinski definition) is 4. The fourth-order valence-electron chi connectivity index (χ4n) is 2.44. The summed E-state index contributed by atoms with van der Waals surface area (Å²) < 4.78 is 27.6. The number of ketones is 1. The highest BCUT2D eigenvalue weighted by atomic mass is 35.5. The third kappa shape index (κ3) is 3.13. The molecule has 3 rings (SSSR count). The number of carbonyl (C=O) groups excluding carboxylic acids is 2. The second kappa shape index (κ2) is 5.92. The highest BCUT2D eigenvalue weighted by Crippen LogP contribution is 2.33. The van der Waals surface area contributed by atoms with E-state index >= 15 is 0 Å². The molecule has 24 heavy (non-hydrogen) atoms. The molecule has 0 aromatic heterocycles. The molecule has 8 heteroatoms. The number of hydrogen-bond donors (Lipinski definition) is 2. The van der Waals surface area contributed by atoms with E-state index in [1.165, 1.54) is 31.2 Å². The van der Waals surface area contributed by atoms with Crippen LogP contribution in [-0.2, 0) is 21.2 Å². The van der Waals surface area contributed by atoms with E-state index in [1.807, 2.05) is 0 Å². The SMILES string of the molecule is CC(=O)c1cccc(NS(=O)(=O)c2cc3c(cc2Cl)NC(=O)C3)c1. The summed E-state index contributed by atoms with van der Waals surface area (Å²) in [5.41, 5.74) is 1.74. The molecule has 0 fully saturated rings. The quantitative estimate of drug-likeness (QED) is 0.816. The maximum absolute atomic E-state index is 12.6. The molecule has 2 N–H and O–H groups in total. The minimum absolute atomic E-state index is 0.00572. The molecular weight excluding hydrogens is 352 g/mol. The lowest BCUT2D eigenvalue weighted by Crippen LogP contribution is -2.14. The van der Waals surface area contributed by atoms with E-state index in [0.717, 1.165) is 0 Å². The van der Waals surface area contributed by atoms with Crippen LogP contribution in [0, 0.1) is 0 Å². The topological polar surface area (TPSA) is 92.3 Å². The van der Waals surface area contributed by atoms with Gasteiger partial charge in [0, 0.05) is 16.9 Å². The van der Waals surface area contributed by atoms with Crippen molar-refractivity contribution in [3.63, 3.8) is 0 Å². The van der Waals surface area contributed by atoms with Gasteiger partial charge in [-0.15, -0.1) is 0 Å². The Hall–Kier alpha value is -2.38. The summed E-state index contributed by atoms with van der Waals surface area (Å²) in [7, 11) is -3.96. The maximum atomic E-state index is 12.6. The average molecular weight is 365 g/mol. The molecule has 0 saturated carbocycles. The summed E-state index contributed by atoms with van der Waals surface area (Å²) >= 11 is 6.06. The number of fused-ring (bicyclic) bond motifs is 1. The molecule has 1 heterocycles. The largest absolute Gasteiger partial charge is 0.325 e. The van der Waals surface area contributed by atoms with Gasteiger partial charge in [0.15, 0.2) is 5.78 Å². The summed E-state index contributed by atoms with van der Waals surface area (Å²) in [4.78, 5) is 22.7. The minimum Gasteiger partial charge on any atom is -0.325 e. The number of benzene rings is 2. The Balaban J connectivity index is 1.97. The molecule has 124 valence electrons. The highest BCUT2D eigenvalue weighted by Gasteiger charge is 2.25. The number of Topliss-reactive ketones (excluding diaryl/α,β-unsaturated/α-hetero) is 1. The Kier molecular flexibility index (Phi) is 4.06. The molecular formula is C16H13ClN2O4S. The predicted octanol–water partition coefficient (Wildman–Crippen LogP) is 2.84. The van der Waals surface area contributed by atoms with E-state index in [9.17, 15) is 18.0 Å². The first-order chi connectivity index (χ1) is 11.3.